The highest BCUT2D eigenvalue weighted by Crippen LogP contribution is 2.41. The highest BCUT2D eigenvalue weighted by molar-refractivity contribution is 5.83. The fourth-order valence-corrected chi connectivity index (χ4v) is 3.07. The number of nitrogens with one attached hydrogen (secondary N) is 1. The van der Waals surface area contributed by atoms with Gasteiger partial charge in [0.2, 0.25) is 5.91 Å². The van der Waals surface area contributed by atoms with Crippen molar-refractivity contribution in [2.75, 3.05) is 6.54 Å². The van der Waals surface area contributed by atoms with Crippen LogP contribution in [-0.4, -0.2) is 12.5 Å². The lowest BCUT2D eigenvalue weighted by molar-refractivity contribution is -0.131. The summed E-state index contributed by atoms with van der Waals surface area (Å²) in [5.74, 6) is 0.187. The van der Waals surface area contributed by atoms with Crippen molar-refractivity contribution in [2.24, 2.45) is 11.1 Å². The molecule has 3 heteroatoms. The van der Waals surface area contributed by atoms with Crippen molar-refractivity contribution >= 4 is 5.91 Å². The number of hydrogen-bond acceptors (Lipinski definition) is 2. The van der Waals surface area contributed by atoms with Gasteiger partial charge < -0.3 is 11.1 Å². The van der Waals surface area contributed by atoms with Crippen molar-refractivity contribution in [2.45, 2.75) is 45.1 Å². The first kappa shape index (κ1) is 14.1. The molecule has 1 aliphatic rings. The predicted octanol–water partition coefficient (Wildman–Crippen LogP) is 2.77. The minimum absolute atomic E-state index is 0.0716. The summed E-state index contributed by atoms with van der Waals surface area (Å²) in [6.07, 6.45) is 5.29. The van der Waals surface area contributed by atoms with Gasteiger partial charge in [-0.1, -0.05) is 50.1 Å². The number of hydrogen-bond donors (Lipinski definition) is 2. The zero-order valence-electron chi connectivity index (χ0n) is 11.7. The van der Waals surface area contributed by atoms with Gasteiger partial charge >= 0.3 is 0 Å². The number of carbonyl (C=O) groups excluding carboxylic acids is 1. The molecule has 104 valence electrons. The van der Waals surface area contributed by atoms with E-state index in [-0.39, 0.29) is 17.4 Å². The summed E-state index contributed by atoms with van der Waals surface area (Å²) in [6.45, 7) is 2.56. The van der Waals surface area contributed by atoms with Crippen molar-refractivity contribution in [1.29, 1.82) is 0 Å². The first-order valence-electron chi connectivity index (χ1n) is 7.28. The van der Waals surface area contributed by atoms with Crippen LogP contribution in [0.1, 0.15) is 50.6 Å². The number of carbonyl (C=O) groups is 1. The molecule has 1 aromatic rings. The van der Waals surface area contributed by atoms with Gasteiger partial charge in [0.1, 0.15) is 0 Å². The fourth-order valence-electron chi connectivity index (χ4n) is 3.07. The van der Waals surface area contributed by atoms with Crippen LogP contribution in [0.25, 0.3) is 0 Å². The molecule has 0 spiro atoms. The van der Waals surface area contributed by atoms with E-state index in [0.29, 0.717) is 6.54 Å². The van der Waals surface area contributed by atoms with E-state index in [0.717, 1.165) is 24.8 Å². The van der Waals surface area contributed by atoms with Crippen molar-refractivity contribution in [1.82, 2.24) is 5.32 Å². The van der Waals surface area contributed by atoms with Crippen molar-refractivity contribution < 1.29 is 4.79 Å². The van der Waals surface area contributed by atoms with E-state index in [1.54, 1.807) is 0 Å². The molecule has 1 fully saturated rings. The van der Waals surface area contributed by atoms with Crippen LogP contribution in [0.4, 0.5) is 0 Å². The van der Waals surface area contributed by atoms with Crippen LogP contribution in [0.3, 0.4) is 0 Å². The van der Waals surface area contributed by atoms with Gasteiger partial charge in [0, 0.05) is 12.0 Å². The van der Waals surface area contributed by atoms with Gasteiger partial charge in [-0.15, -0.1) is 0 Å². The second-order valence-electron chi connectivity index (χ2n) is 5.51. The van der Waals surface area contributed by atoms with Crippen molar-refractivity contribution in [3.63, 3.8) is 0 Å². The van der Waals surface area contributed by atoms with Crippen molar-refractivity contribution in [3.05, 3.63) is 35.9 Å². The van der Waals surface area contributed by atoms with E-state index in [9.17, 15) is 4.79 Å². The Morgan fingerprint density at radius 1 is 1.32 bits per heavy atom. The number of amides is 1. The molecule has 0 bridgehead atoms. The Hall–Kier alpha value is -1.35. The summed E-state index contributed by atoms with van der Waals surface area (Å²) in [7, 11) is 0. The van der Waals surface area contributed by atoms with E-state index < -0.39 is 0 Å². The number of nitrogens with two attached hydrogens (primary N) is 1. The average molecular weight is 260 g/mol. The van der Waals surface area contributed by atoms with E-state index in [1.807, 2.05) is 30.3 Å². The number of benzene rings is 1. The average Bonchev–Trinajstić information content (AvgIpc) is 2.95. The van der Waals surface area contributed by atoms with Gasteiger partial charge in [-0.25, -0.2) is 0 Å². The molecule has 1 aliphatic carbocycles. The van der Waals surface area contributed by atoms with Crippen molar-refractivity contribution in [3.8, 4) is 0 Å². The van der Waals surface area contributed by atoms with Crippen LogP contribution in [-0.2, 0) is 4.79 Å². The lowest BCUT2D eigenvalue weighted by Crippen LogP contribution is -2.42. The third-order valence-electron chi connectivity index (χ3n) is 4.46. The summed E-state index contributed by atoms with van der Waals surface area (Å²) in [5, 5.41) is 3.15. The van der Waals surface area contributed by atoms with Crippen LogP contribution >= 0.6 is 0 Å². The summed E-state index contributed by atoms with van der Waals surface area (Å²) in [5.41, 5.74) is 6.76. The number of rotatable bonds is 5. The molecule has 0 aliphatic heterocycles. The molecular weight excluding hydrogens is 236 g/mol. The minimum atomic E-state index is -0.151. The molecule has 0 radical (unpaired) electrons. The Morgan fingerprint density at radius 3 is 2.47 bits per heavy atom. The lowest BCUT2D eigenvalue weighted by atomic mass is 9.82. The first-order chi connectivity index (χ1) is 9.22. The SMILES string of the molecule is CCC1(C(=O)NC(CN)c2ccccc2)CCCC1. The molecule has 1 amide bonds. The molecule has 0 heterocycles. The Bertz CT molecular complexity index is 410. The third kappa shape index (κ3) is 2.98. The fraction of sp³-hybridized carbons (Fsp3) is 0.562. The van der Waals surface area contributed by atoms with Crippen LogP contribution in [0, 0.1) is 5.41 Å². The third-order valence-corrected chi connectivity index (χ3v) is 4.46. The Morgan fingerprint density at radius 2 is 1.95 bits per heavy atom. The lowest BCUT2D eigenvalue weighted by Gasteiger charge is -2.29. The zero-order valence-corrected chi connectivity index (χ0v) is 11.7. The van der Waals surface area contributed by atoms with Crippen LogP contribution < -0.4 is 11.1 Å². The molecular formula is C16H24N2O. The molecule has 1 atom stereocenters. The maximum Gasteiger partial charge on any atom is 0.226 e. The second kappa shape index (κ2) is 6.20. The topological polar surface area (TPSA) is 55.1 Å². The van der Waals surface area contributed by atoms with Gasteiger partial charge in [-0.2, -0.15) is 0 Å². The van der Waals surface area contributed by atoms with Gasteiger partial charge in [0.25, 0.3) is 0 Å². The van der Waals surface area contributed by atoms with Gasteiger partial charge in [0.05, 0.1) is 6.04 Å². The molecule has 1 saturated carbocycles. The summed E-state index contributed by atoms with van der Waals surface area (Å²) in [4.78, 5) is 12.6. The second-order valence-corrected chi connectivity index (χ2v) is 5.51. The maximum atomic E-state index is 12.6. The van der Waals surface area contributed by atoms with Gasteiger partial charge in [-0.3, -0.25) is 4.79 Å². The zero-order chi connectivity index (χ0) is 13.7. The Balaban J connectivity index is 2.08. The molecule has 1 aromatic carbocycles. The standard InChI is InChI=1S/C16H24N2O/c1-2-16(10-6-7-11-16)15(19)18-14(12-17)13-8-4-3-5-9-13/h3-5,8-9,14H,2,6-7,10-12,17H2,1H3,(H,18,19). The van der Waals surface area contributed by atoms with Gasteiger partial charge in [-0.05, 0) is 24.8 Å². The Kier molecular flexibility index (Phi) is 4.59. The van der Waals surface area contributed by atoms with Crippen LogP contribution in [0.5, 0.6) is 0 Å². The Labute approximate surface area is 115 Å². The quantitative estimate of drug-likeness (QED) is 0.855. The summed E-state index contributed by atoms with van der Waals surface area (Å²) >= 11 is 0. The molecule has 19 heavy (non-hydrogen) atoms. The van der Waals surface area contributed by atoms with E-state index >= 15 is 0 Å². The highest BCUT2D eigenvalue weighted by atomic mass is 16.2. The van der Waals surface area contributed by atoms with E-state index in [4.69, 9.17) is 5.73 Å². The van der Waals surface area contributed by atoms with Gasteiger partial charge in [0.15, 0.2) is 0 Å². The minimum Gasteiger partial charge on any atom is -0.348 e. The molecule has 0 aromatic heterocycles. The molecule has 1 unspecified atom stereocenters. The van der Waals surface area contributed by atoms with E-state index in [1.165, 1.54) is 12.8 Å². The molecule has 3 nitrogen and oxygen atoms in total. The highest BCUT2D eigenvalue weighted by Gasteiger charge is 2.39. The first-order valence-corrected chi connectivity index (χ1v) is 7.28. The molecule has 0 saturated heterocycles. The summed E-state index contributed by atoms with van der Waals surface area (Å²) in [6, 6.07) is 9.90. The molecule has 3 N–H and O–H groups in total. The molecule has 2 rings (SSSR count). The normalized spacial score (nSPS) is 19.1. The predicted molar refractivity (Wildman–Crippen MR) is 77.6 cm³/mol. The van der Waals surface area contributed by atoms with Crippen LogP contribution in [0.15, 0.2) is 30.3 Å². The summed E-state index contributed by atoms with van der Waals surface area (Å²) < 4.78 is 0. The van der Waals surface area contributed by atoms with E-state index in [2.05, 4.69) is 12.2 Å². The largest absolute Gasteiger partial charge is 0.348 e. The van der Waals surface area contributed by atoms with Crippen LogP contribution in [0.2, 0.25) is 0 Å². The maximum absolute atomic E-state index is 12.6. The smallest absolute Gasteiger partial charge is 0.226 e. The monoisotopic (exact) mass is 260 g/mol.